The summed E-state index contributed by atoms with van der Waals surface area (Å²) in [6.07, 6.45) is 1.85. The van der Waals surface area contributed by atoms with Crippen LogP contribution in [-0.2, 0) is 14.3 Å². The van der Waals surface area contributed by atoms with Crippen LogP contribution in [0.25, 0.3) is 6.08 Å². The molecule has 2 aromatic carbocycles. The van der Waals surface area contributed by atoms with Gasteiger partial charge in [-0.1, -0.05) is 47.5 Å². The van der Waals surface area contributed by atoms with Gasteiger partial charge < -0.3 is 10.1 Å². The molecule has 2 rings (SSSR count). The highest BCUT2D eigenvalue weighted by Crippen LogP contribution is 2.23. The van der Waals surface area contributed by atoms with Crippen LogP contribution in [0.2, 0.25) is 10.0 Å². The lowest BCUT2D eigenvalue weighted by atomic mass is 10.1. The molecule has 0 bridgehead atoms. The summed E-state index contributed by atoms with van der Waals surface area (Å²) < 4.78 is 5.14. The third-order valence-electron chi connectivity index (χ3n) is 3.75. The number of rotatable bonds is 5. The van der Waals surface area contributed by atoms with Crippen LogP contribution in [0.15, 0.2) is 42.5 Å². The lowest BCUT2D eigenvalue weighted by molar-refractivity contribution is -0.148. The molecule has 0 fully saturated rings. The molecular formula is C20H19Cl2NO3. The van der Waals surface area contributed by atoms with E-state index in [0.717, 1.165) is 16.8 Å². The molecule has 0 radical (unpaired) electrons. The Hall–Kier alpha value is -2.30. The molecule has 6 heteroatoms. The van der Waals surface area contributed by atoms with E-state index in [0.29, 0.717) is 15.6 Å². The number of amides is 1. The summed E-state index contributed by atoms with van der Waals surface area (Å²) in [6, 6.07) is 10.7. The molecule has 0 aromatic heterocycles. The van der Waals surface area contributed by atoms with Crippen molar-refractivity contribution < 1.29 is 14.3 Å². The number of benzene rings is 2. The first-order chi connectivity index (χ1) is 12.3. The number of para-hydroxylation sites is 1. The number of carbonyl (C=O) groups excluding carboxylic acids is 2. The number of carbonyl (C=O) groups is 2. The number of halogens is 2. The van der Waals surface area contributed by atoms with Crippen LogP contribution >= 0.6 is 23.2 Å². The van der Waals surface area contributed by atoms with E-state index in [9.17, 15) is 9.59 Å². The lowest BCUT2D eigenvalue weighted by Gasteiger charge is -2.15. The van der Waals surface area contributed by atoms with Gasteiger partial charge in [0, 0.05) is 11.8 Å². The molecule has 1 amide bonds. The number of aryl methyl sites for hydroxylation is 2. The minimum Gasteiger partial charge on any atom is -0.449 e. The zero-order valence-electron chi connectivity index (χ0n) is 14.7. The summed E-state index contributed by atoms with van der Waals surface area (Å²) in [4.78, 5) is 24.2. The Labute approximate surface area is 162 Å². The average molecular weight is 392 g/mol. The van der Waals surface area contributed by atoms with Gasteiger partial charge in [0.2, 0.25) is 0 Å². The highest BCUT2D eigenvalue weighted by Gasteiger charge is 2.18. The van der Waals surface area contributed by atoms with E-state index in [1.54, 1.807) is 24.3 Å². The van der Waals surface area contributed by atoms with Gasteiger partial charge in [-0.15, -0.1) is 0 Å². The van der Waals surface area contributed by atoms with Gasteiger partial charge in [-0.2, -0.15) is 0 Å². The van der Waals surface area contributed by atoms with Gasteiger partial charge in [0.15, 0.2) is 6.10 Å². The molecule has 136 valence electrons. The van der Waals surface area contributed by atoms with Gasteiger partial charge in [-0.25, -0.2) is 4.79 Å². The van der Waals surface area contributed by atoms with Crippen molar-refractivity contribution in [1.29, 1.82) is 0 Å². The van der Waals surface area contributed by atoms with E-state index in [1.807, 2.05) is 32.0 Å². The number of nitrogens with one attached hydrogen (secondary N) is 1. The first-order valence-corrected chi connectivity index (χ1v) is 8.74. The second-order valence-corrected chi connectivity index (χ2v) is 6.66. The monoisotopic (exact) mass is 391 g/mol. The van der Waals surface area contributed by atoms with Crippen LogP contribution in [0, 0.1) is 13.8 Å². The molecular weight excluding hydrogens is 373 g/mol. The Kier molecular flexibility index (Phi) is 6.83. The standard InChI is InChI=1S/C20H19Cl2NO3/c1-12-5-4-6-13(2)19(12)23-20(25)14(3)26-18(24)10-8-15-7-9-16(21)17(22)11-15/h4-11,14H,1-3H3,(H,23,25)/b10-8+/t14-/m1/s1. The molecule has 0 aliphatic carbocycles. The Bertz CT molecular complexity index is 842. The average Bonchev–Trinajstić information content (AvgIpc) is 2.59. The van der Waals surface area contributed by atoms with E-state index in [1.165, 1.54) is 13.0 Å². The maximum atomic E-state index is 12.3. The normalized spacial score (nSPS) is 12.0. The molecule has 0 heterocycles. The number of anilines is 1. The molecule has 0 saturated heterocycles. The van der Waals surface area contributed by atoms with E-state index in [2.05, 4.69) is 5.32 Å². The van der Waals surface area contributed by atoms with Crippen LogP contribution in [-0.4, -0.2) is 18.0 Å². The second-order valence-electron chi connectivity index (χ2n) is 5.84. The fraction of sp³-hybridized carbons (Fsp3) is 0.200. The lowest BCUT2D eigenvalue weighted by Crippen LogP contribution is -2.30. The van der Waals surface area contributed by atoms with E-state index in [4.69, 9.17) is 27.9 Å². The van der Waals surface area contributed by atoms with Crippen molar-refractivity contribution in [2.45, 2.75) is 26.9 Å². The zero-order chi connectivity index (χ0) is 19.3. The third kappa shape index (κ3) is 5.35. The maximum Gasteiger partial charge on any atom is 0.331 e. The summed E-state index contributed by atoms with van der Waals surface area (Å²) in [7, 11) is 0. The summed E-state index contributed by atoms with van der Waals surface area (Å²) in [6.45, 7) is 5.33. The second kappa shape index (κ2) is 8.88. The number of esters is 1. The molecule has 0 aliphatic heterocycles. The van der Waals surface area contributed by atoms with Crippen LogP contribution < -0.4 is 5.32 Å². The van der Waals surface area contributed by atoms with Crippen LogP contribution in [0.3, 0.4) is 0 Å². The quantitative estimate of drug-likeness (QED) is 0.563. The Balaban J connectivity index is 1.96. The van der Waals surface area contributed by atoms with Crippen molar-refractivity contribution in [2.75, 3.05) is 5.32 Å². The van der Waals surface area contributed by atoms with Gasteiger partial charge >= 0.3 is 5.97 Å². The van der Waals surface area contributed by atoms with Crippen LogP contribution in [0.1, 0.15) is 23.6 Å². The predicted molar refractivity (Wildman–Crippen MR) is 106 cm³/mol. The van der Waals surface area contributed by atoms with Crippen LogP contribution in [0.5, 0.6) is 0 Å². The first kappa shape index (κ1) is 20.0. The van der Waals surface area contributed by atoms with Gasteiger partial charge in [-0.3, -0.25) is 4.79 Å². The molecule has 0 saturated carbocycles. The minimum atomic E-state index is -0.931. The summed E-state index contributed by atoms with van der Waals surface area (Å²) in [5.74, 6) is -1.01. The fourth-order valence-corrected chi connectivity index (χ4v) is 2.59. The Morgan fingerprint density at radius 3 is 2.35 bits per heavy atom. The van der Waals surface area contributed by atoms with Crippen molar-refractivity contribution in [3.05, 3.63) is 69.2 Å². The third-order valence-corrected chi connectivity index (χ3v) is 4.49. The molecule has 4 nitrogen and oxygen atoms in total. The van der Waals surface area contributed by atoms with Crippen molar-refractivity contribution >= 4 is 46.8 Å². The molecule has 0 spiro atoms. The number of ether oxygens (including phenoxy) is 1. The van der Waals surface area contributed by atoms with Gasteiger partial charge in [0.05, 0.1) is 10.0 Å². The van der Waals surface area contributed by atoms with Crippen molar-refractivity contribution in [3.63, 3.8) is 0 Å². The Morgan fingerprint density at radius 2 is 1.73 bits per heavy atom. The van der Waals surface area contributed by atoms with Crippen molar-refractivity contribution in [3.8, 4) is 0 Å². The Morgan fingerprint density at radius 1 is 1.08 bits per heavy atom. The molecule has 26 heavy (non-hydrogen) atoms. The zero-order valence-corrected chi connectivity index (χ0v) is 16.2. The first-order valence-electron chi connectivity index (χ1n) is 7.98. The summed E-state index contributed by atoms with van der Waals surface area (Å²) in [5.41, 5.74) is 3.31. The molecule has 1 atom stereocenters. The summed E-state index contributed by atoms with van der Waals surface area (Å²) in [5, 5.41) is 3.62. The van der Waals surface area contributed by atoms with Crippen molar-refractivity contribution in [1.82, 2.24) is 0 Å². The maximum absolute atomic E-state index is 12.3. The highest BCUT2D eigenvalue weighted by atomic mass is 35.5. The minimum absolute atomic E-state index is 0.390. The largest absolute Gasteiger partial charge is 0.449 e. The highest BCUT2D eigenvalue weighted by molar-refractivity contribution is 6.42. The predicted octanol–water partition coefficient (Wildman–Crippen LogP) is 5.19. The van der Waals surface area contributed by atoms with Gasteiger partial charge in [-0.05, 0) is 55.7 Å². The van der Waals surface area contributed by atoms with Crippen LogP contribution in [0.4, 0.5) is 5.69 Å². The van der Waals surface area contributed by atoms with E-state index >= 15 is 0 Å². The molecule has 2 aromatic rings. The topological polar surface area (TPSA) is 55.4 Å². The molecule has 1 N–H and O–H groups in total. The molecule has 0 unspecified atom stereocenters. The van der Waals surface area contributed by atoms with Crippen molar-refractivity contribution in [2.24, 2.45) is 0 Å². The van der Waals surface area contributed by atoms with Gasteiger partial charge in [0.25, 0.3) is 5.91 Å². The smallest absolute Gasteiger partial charge is 0.331 e. The fourth-order valence-electron chi connectivity index (χ4n) is 2.28. The summed E-state index contributed by atoms with van der Waals surface area (Å²) >= 11 is 11.8. The van der Waals surface area contributed by atoms with Gasteiger partial charge in [0.1, 0.15) is 0 Å². The van der Waals surface area contributed by atoms with E-state index in [-0.39, 0.29) is 0 Å². The van der Waals surface area contributed by atoms with E-state index < -0.39 is 18.0 Å². The SMILES string of the molecule is Cc1cccc(C)c1NC(=O)[C@@H](C)OC(=O)/C=C/c1ccc(Cl)c(Cl)c1. The number of hydrogen-bond donors (Lipinski definition) is 1. The number of hydrogen-bond acceptors (Lipinski definition) is 3. The molecule has 0 aliphatic rings.